The minimum absolute atomic E-state index is 0.00203. The third-order valence-electron chi connectivity index (χ3n) is 12.3. The second-order valence-electron chi connectivity index (χ2n) is 17.4. The third kappa shape index (κ3) is 5.09. The topological polar surface area (TPSA) is 14.2 Å². The molecule has 2 nitrogen and oxygen atoms in total. The highest BCUT2D eigenvalue weighted by atomic mass is 16.5. The fraction of sp³-hybridized carbons (Fsp3) is 0.192. The number of ether oxygens (including phenoxy) is 1. The average molecular weight is 712 g/mol. The molecule has 3 heterocycles. The number of aromatic nitrogens is 1. The van der Waals surface area contributed by atoms with E-state index in [1.807, 2.05) is 0 Å². The summed E-state index contributed by atoms with van der Waals surface area (Å²) in [7, 11) is 0. The summed E-state index contributed by atoms with van der Waals surface area (Å²) >= 11 is 0. The van der Waals surface area contributed by atoms with Crippen LogP contribution in [0.2, 0.25) is 0 Å². The number of rotatable bonds is 3. The van der Waals surface area contributed by atoms with Crippen LogP contribution >= 0.6 is 0 Å². The SMILES string of the molecule is Cc1cc(C)c(-c2ccc3c(c2)c2cc(-c4c(C)cc(C)cc4C)cc4c2n3-c2cc(C(C)(C)C)cc3c2B4c2cc(-c4ccccc4)ccc2O3)c(C)c1. The van der Waals surface area contributed by atoms with Crippen LogP contribution in [0.4, 0.5) is 0 Å². The maximum Gasteiger partial charge on any atom is 0.256 e. The van der Waals surface area contributed by atoms with Crippen molar-refractivity contribution in [1.29, 1.82) is 0 Å². The van der Waals surface area contributed by atoms with Crippen LogP contribution in [0.1, 0.15) is 59.7 Å². The monoisotopic (exact) mass is 711 g/mol. The maximum atomic E-state index is 7.02. The zero-order valence-corrected chi connectivity index (χ0v) is 33.4. The molecule has 0 amide bonds. The van der Waals surface area contributed by atoms with Crippen LogP contribution in [0.15, 0.2) is 115 Å². The lowest BCUT2D eigenvalue weighted by Crippen LogP contribution is -2.58. The van der Waals surface area contributed by atoms with Crippen LogP contribution in [0.25, 0.3) is 60.9 Å². The van der Waals surface area contributed by atoms with Gasteiger partial charge in [-0.3, -0.25) is 0 Å². The highest BCUT2D eigenvalue weighted by Gasteiger charge is 2.42. The largest absolute Gasteiger partial charge is 0.458 e. The van der Waals surface area contributed by atoms with Gasteiger partial charge in [0.25, 0.3) is 6.71 Å². The first kappa shape index (κ1) is 33.7. The van der Waals surface area contributed by atoms with Crippen molar-refractivity contribution in [2.24, 2.45) is 0 Å². The normalized spacial score (nSPS) is 12.9. The molecular weight excluding hydrogens is 665 g/mol. The van der Waals surface area contributed by atoms with Gasteiger partial charge < -0.3 is 9.30 Å². The predicted octanol–water partition coefficient (Wildman–Crippen LogP) is 11.9. The van der Waals surface area contributed by atoms with Crippen molar-refractivity contribution in [3.8, 4) is 50.6 Å². The Morgan fingerprint density at radius 1 is 0.509 bits per heavy atom. The molecule has 0 aliphatic carbocycles. The fourth-order valence-corrected chi connectivity index (χ4v) is 10.1. The molecule has 0 fully saturated rings. The molecule has 3 heteroatoms. The second kappa shape index (κ2) is 11.9. The van der Waals surface area contributed by atoms with Gasteiger partial charge in [0.1, 0.15) is 11.5 Å². The number of hydrogen-bond donors (Lipinski definition) is 0. The summed E-state index contributed by atoms with van der Waals surface area (Å²) < 4.78 is 9.58. The summed E-state index contributed by atoms with van der Waals surface area (Å²) in [5.41, 5.74) is 24.2. The van der Waals surface area contributed by atoms with Gasteiger partial charge in [-0.15, -0.1) is 0 Å². The van der Waals surface area contributed by atoms with Crippen LogP contribution in [-0.2, 0) is 5.41 Å². The summed E-state index contributed by atoms with van der Waals surface area (Å²) in [5.74, 6) is 1.90. The van der Waals surface area contributed by atoms with Crippen LogP contribution < -0.4 is 21.1 Å². The van der Waals surface area contributed by atoms with Gasteiger partial charge in [0.15, 0.2) is 0 Å². The first-order valence-corrected chi connectivity index (χ1v) is 19.7. The molecule has 8 aromatic rings. The molecule has 10 rings (SSSR count). The Bertz CT molecular complexity index is 2890. The molecule has 0 spiro atoms. The molecule has 0 saturated carbocycles. The van der Waals surface area contributed by atoms with E-state index in [2.05, 4.69) is 182 Å². The summed E-state index contributed by atoms with van der Waals surface area (Å²) in [6, 6.07) is 43.8. The van der Waals surface area contributed by atoms with Gasteiger partial charge in [-0.2, -0.15) is 0 Å². The molecule has 2 aliphatic heterocycles. The van der Waals surface area contributed by atoms with Gasteiger partial charge in [-0.1, -0.05) is 111 Å². The first-order chi connectivity index (χ1) is 26.4. The van der Waals surface area contributed by atoms with E-state index in [0.29, 0.717) is 0 Å². The van der Waals surface area contributed by atoms with E-state index >= 15 is 0 Å². The fourth-order valence-electron chi connectivity index (χ4n) is 10.1. The molecule has 0 atom stereocenters. The summed E-state index contributed by atoms with van der Waals surface area (Å²) in [6.07, 6.45) is 0. The Morgan fingerprint density at radius 2 is 1.11 bits per heavy atom. The third-order valence-corrected chi connectivity index (χ3v) is 12.3. The van der Waals surface area contributed by atoms with E-state index in [1.165, 1.54) is 116 Å². The van der Waals surface area contributed by atoms with E-state index in [4.69, 9.17) is 4.74 Å². The van der Waals surface area contributed by atoms with Gasteiger partial charge in [0, 0.05) is 22.0 Å². The average Bonchev–Trinajstić information content (AvgIpc) is 3.46. The van der Waals surface area contributed by atoms with Crippen molar-refractivity contribution in [2.75, 3.05) is 0 Å². The molecule has 7 aromatic carbocycles. The lowest BCUT2D eigenvalue weighted by atomic mass is 9.34. The van der Waals surface area contributed by atoms with Crippen molar-refractivity contribution in [3.63, 3.8) is 0 Å². The Morgan fingerprint density at radius 3 is 1.76 bits per heavy atom. The molecule has 268 valence electrons. The summed E-state index contributed by atoms with van der Waals surface area (Å²) in [6.45, 7) is 20.4. The molecule has 0 radical (unpaired) electrons. The molecule has 55 heavy (non-hydrogen) atoms. The van der Waals surface area contributed by atoms with Crippen molar-refractivity contribution >= 4 is 44.9 Å². The molecule has 0 bridgehead atoms. The summed E-state index contributed by atoms with van der Waals surface area (Å²) in [5, 5.41) is 2.58. The molecule has 1 aromatic heterocycles. The summed E-state index contributed by atoms with van der Waals surface area (Å²) in [4.78, 5) is 0. The quantitative estimate of drug-likeness (QED) is 0.166. The molecule has 0 N–H and O–H groups in total. The minimum Gasteiger partial charge on any atom is -0.458 e. The zero-order valence-electron chi connectivity index (χ0n) is 33.4. The Kier molecular flexibility index (Phi) is 7.27. The van der Waals surface area contributed by atoms with Crippen LogP contribution in [-0.4, -0.2) is 11.3 Å². The second-order valence-corrected chi connectivity index (χ2v) is 17.4. The van der Waals surface area contributed by atoms with Crippen LogP contribution in [0.3, 0.4) is 0 Å². The number of aryl methyl sites for hydroxylation is 6. The lowest BCUT2D eigenvalue weighted by Gasteiger charge is -2.35. The number of fused-ring (bicyclic) bond motifs is 7. The van der Waals surface area contributed by atoms with Crippen molar-refractivity contribution in [1.82, 2.24) is 4.57 Å². The maximum absolute atomic E-state index is 7.02. The molecule has 0 unspecified atom stereocenters. The van der Waals surface area contributed by atoms with Crippen molar-refractivity contribution in [2.45, 2.75) is 67.7 Å². The van der Waals surface area contributed by atoms with Gasteiger partial charge in [0.05, 0.1) is 5.52 Å². The van der Waals surface area contributed by atoms with Crippen molar-refractivity contribution < 1.29 is 4.74 Å². The van der Waals surface area contributed by atoms with Gasteiger partial charge in [0.2, 0.25) is 0 Å². The Labute approximate surface area is 325 Å². The van der Waals surface area contributed by atoms with Gasteiger partial charge >= 0.3 is 0 Å². The van der Waals surface area contributed by atoms with Gasteiger partial charge in [-0.25, -0.2) is 0 Å². The van der Waals surface area contributed by atoms with E-state index in [-0.39, 0.29) is 12.1 Å². The minimum atomic E-state index is -0.0673. The van der Waals surface area contributed by atoms with Crippen molar-refractivity contribution in [3.05, 3.63) is 154 Å². The van der Waals surface area contributed by atoms with Crippen LogP contribution in [0, 0.1) is 41.5 Å². The highest BCUT2D eigenvalue weighted by molar-refractivity contribution is 6.99. The first-order valence-electron chi connectivity index (χ1n) is 19.7. The Hall–Kier alpha value is -5.80. The number of benzene rings is 7. The van der Waals surface area contributed by atoms with E-state index in [0.717, 1.165) is 11.5 Å². The molecule has 2 aliphatic rings. The number of hydrogen-bond acceptors (Lipinski definition) is 1. The van der Waals surface area contributed by atoms with E-state index in [1.54, 1.807) is 0 Å². The molecular formula is C52H46BNO. The smallest absolute Gasteiger partial charge is 0.256 e. The molecule has 0 saturated heterocycles. The highest BCUT2D eigenvalue weighted by Crippen LogP contribution is 2.43. The Balaban J connectivity index is 1.36. The van der Waals surface area contributed by atoms with E-state index < -0.39 is 0 Å². The van der Waals surface area contributed by atoms with Gasteiger partial charge in [-0.05, 0) is 161 Å². The zero-order chi connectivity index (χ0) is 38.1. The number of nitrogens with zero attached hydrogens (tertiary/aromatic N) is 1. The predicted molar refractivity (Wildman–Crippen MR) is 235 cm³/mol. The van der Waals surface area contributed by atoms with E-state index in [9.17, 15) is 0 Å². The standard InChI is InChI=1S/C52H46BNO/c1-29-19-31(3)48(32(4)20-29)37-15-17-44-40(23-37)41-24-38(49-33(5)21-30(2)22-34(49)6)26-43-51(41)54(44)45-27-39(52(7,8)9)28-47-50(45)53(43)42-25-36(16-18-46(42)55-47)35-13-11-10-12-14-35/h10-28H,1-9H3. The lowest BCUT2D eigenvalue weighted by molar-refractivity contribution is 0.483. The van der Waals surface area contributed by atoms with Crippen LogP contribution in [0.5, 0.6) is 11.5 Å².